The quantitative estimate of drug-likeness (QED) is 0.505. The van der Waals surface area contributed by atoms with Gasteiger partial charge >= 0.3 is 12.1 Å². The summed E-state index contributed by atoms with van der Waals surface area (Å²) in [6.07, 6.45) is -0.897. The number of hydrogen-bond donors (Lipinski definition) is 3. The van der Waals surface area contributed by atoms with E-state index < -0.39 is 23.9 Å². The number of carboxylic acids is 1. The average Bonchev–Trinajstić information content (AvgIpc) is 3.14. The molecule has 33 heavy (non-hydrogen) atoms. The van der Waals surface area contributed by atoms with Crippen LogP contribution in [-0.4, -0.2) is 66.7 Å². The molecule has 2 aromatic rings. The second kappa shape index (κ2) is 11.1. The summed E-state index contributed by atoms with van der Waals surface area (Å²) in [7, 11) is 0. The van der Waals surface area contributed by atoms with Crippen molar-refractivity contribution in [2.45, 2.75) is 19.3 Å². The standard InChI is InChI=1S/C24H27N3O6/c1-2-27(12-11-23(30)31)22(29)14-25-21(28)13-26-24(32)33-15-20-18-9-5-3-7-16(18)17-8-4-6-10-19(17)20/h3-10,20H,2,11-15H2,1H3,(H,25,28)(H,26,32)(H,30,31). The lowest BCUT2D eigenvalue weighted by Crippen LogP contribution is -2.44. The van der Waals surface area contributed by atoms with Gasteiger partial charge in [-0.25, -0.2) is 4.79 Å². The number of amides is 3. The fourth-order valence-electron chi connectivity index (χ4n) is 3.84. The molecule has 0 saturated heterocycles. The molecule has 3 amide bonds. The number of benzene rings is 2. The van der Waals surface area contributed by atoms with Gasteiger partial charge in [0.15, 0.2) is 0 Å². The molecular formula is C24H27N3O6. The minimum atomic E-state index is -1.00. The fraction of sp³-hybridized carbons (Fsp3) is 0.333. The topological polar surface area (TPSA) is 125 Å². The van der Waals surface area contributed by atoms with Crippen molar-refractivity contribution in [3.05, 3.63) is 59.7 Å². The number of ether oxygens (including phenoxy) is 1. The molecule has 0 aliphatic heterocycles. The van der Waals surface area contributed by atoms with Crippen molar-refractivity contribution in [1.29, 1.82) is 0 Å². The Morgan fingerprint density at radius 3 is 2.12 bits per heavy atom. The van der Waals surface area contributed by atoms with Crippen molar-refractivity contribution >= 4 is 23.9 Å². The molecule has 0 radical (unpaired) electrons. The van der Waals surface area contributed by atoms with E-state index in [-0.39, 0.29) is 38.6 Å². The van der Waals surface area contributed by atoms with Crippen LogP contribution in [0.1, 0.15) is 30.4 Å². The summed E-state index contributed by atoms with van der Waals surface area (Å²) in [5, 5.41) is 13.5. The van der Waals surface area contributed by atoms with Crippen LogP contribution < -0.4 is 10.6 Å². The highest BCUT2D eigenvalue weighted by Crippen LogP contribution is 2.44. The monoisotopic (exact) mass is 453 g/mol. The number of rotatable bonds is 10. The molecule has 1 aliphatic rings. The number of aliphatic carboxylic acids is 1. The molecule has 3 N–H and O–H groups in total. The van der Waals surface area contributed by atoms with E-state index in [0.29, 0.717) is 6.54 Å². The molecule has 0 spiro atoms. The Balaban J connectivity index is 1.43. The Hall–Kier alpha value is -3.88. The lowest BCUT2D eigenvalue weighted by Gasteiger charge is -2.20. The smallest absolute Gasteiger partial charge is 0.407 e. The van der Waals surface area contributed by atoms with Crippen LogP contribution in [0.25, 0.3) is 11.1 Å². The van der Waals surface area contributed by atoms with Gasteiger partial charge in [-0.15, -0.1) is 0 Å². The number of likely N-dealkylation sites (N-methyl/N-ethyl adjacent to an activating group) is 1. The van der Waals surface area contributed by atoms with Gasteiger partial charge in [0.25, 0.3) is 0 Å². The highest BCUT2D eigenvalue weighted by Gasteiger charge is 2.29. The molecule has 9 heteroatoms. The maximum absolute atomic E-state index is 12.1. The van der Waals surface area contributed by atoms with Crippen molar-refractivity contribution in [2.24, 2.45) is 0 Å². The molecule has 0 atom stereocenters. The van der Waals surface area contributed by atoms with E-state index in [2.05, 4.69) is 10.6 Å². The van der Waals surface area contributed by atoms with Crippen LogP contribution in [-0.2, 0) is 19.1 Å². The molecule has 0 unspecified atom stereocenters. The lowest BCUT2D eigenvalue weighted by atomic mass is 9.98. The van der Waals surface area contributed by atoms with Gasteiger partial charge in [0.05, 0.1) is 13.0 Å². The number of carboxylic acid groups (broad SMARTS) is 1. The predicted octanol–water partition coefficient (Wildman–Crippen LogP) is 1.96. The maximum Gasteiger partial charge on any atom is 0.407 e. The fourth-order valence-corrected chi connectivity index (χ4v) is 3.84. The zero-order valence-corrected chi connectivity index (χ0v) is 18.4. The van der Waals surface area contributed by atoms with Gasteiger partial charge in [-0.2, -0.15) is 0 Å². The Bertz CT molecular complexity index is 993. The van der Waals surface area contributed by atoms with Crippen molar-refractivity contribution in [3.63, 3.8) is 0 Å². The van der Waals surface area contributed by atoms with Crippen molar-refractivity contribution in [3.8, 4) is 11.1 Å². The summed E-state index contributed by atoms with van der Waals surface area (Å²) >= 11 is 0. The first-order valence-electron chi connectivity index (χ1n) is 10.8. The van der Waals surface area contributed by atoms with Gasteiger partial charge in [0, 0.05) is 19.0 Å². The SMILES string of the molecule is CCN(CCC(=O)O)C(=O)CNC(=O)CNC(=O)OCC1c2ccccc2-c2ccccc21. The van der Waals surface area contributed by atoms with Crippen LogP contribution in [0.3, 0.4) is 0 Å². The van der Waals surface area contributed by atoms with Crippen molar-refractivity contribution in [2.75, 3.05) is 32.8 Å². The summed E-state index contributed by atoms with van der Waals surface area (Å²) in [5.74, 6) is -2.03. The van der Waals surface area contributed by atoms with Crippen LogP contribution in [0.15, 0.2) is 48.5 Å². The first kappa shape index (κ1) is 23.8. The number of hydrogen-bond acceptors (Lipinski definition) is 5. The molecule has 3 rings (SSSR count). The van der Waals surface area contributed by atoms with Gasteiger partial charge in [-0.3, -0.25) is 14.4 Å². The minimum absolute atomic E-state index is 0.0680. The maximum atomic E-state index is 12.1. The molecule has 0 fully saturated rings. The highest BCUT2D eigenvalue weighted by molar-refractivity contribution is 5.87. The second-order valence-corrected chi connectivity index (χ2v) is 7.57. The first-order valence-corrected chi connectivity index (χ1v) is 10.8. The van der Waals surface area contributed by atoms with Gasteiger partial charge < -0.3 is 25.4 Å². The number of carbonyl (C=O) groups is 4. The number of fused-ring (bicyclic) bond motifs is 3. The summed E-state index contributed by atoms with van der Waals surface area (Å²) in [4.78, 5) is 48.2. The van der Waals surface area contributed by atoms with E-state index in [1.807, 2.05) is 48.5 Å². The lowest BCUT2D eigenvalue weighted by molar-refractivity contribution is -0.138. The Morgan fingerprint density at radius 2 is 1.55 bits per heavy atom. The molecule has 0 bridgehead atoms. The van der Waals surface area contributed by atoms with Crippen molar-refractivity contribution in [1.82, 2.24) is 15.5 Å². The summed E-state index contributed by atoms with van der Waals surface area (Å²) in [6, 6.07) is 16.0. The number of nitrogens with one attached hydrogen (secondary N) is 2. The zero-order valence-electron chi connectivity index (χ0n) is 18.4. The summed E-state index contributed by atoms with van der Waals surface area (Å²) in [5.41, 5.74) is 4.42. The first-order chi connectivity index (χ1) is 15.9. The van der Waals surface area contributed by atoms with E-state index in [4.69, 9.17) is 9.84 Å². The van der Waals surface area contributed by atoms with E-state index in [1.54, 1.807) is 6.92 Å². The van der Waals surface area contributed by atoms with Crippen LogP contribution in [0.4, 0.5) is 4.79 Å². The third-order valence-corrected chi connectivity index (χ3v) is 5.50. The normalized spacial score (nSPS) is 11.8. The molecular weight excluding hydrogens is 426 g/mol. The summed E-state index contributed by atoms with van der Waals surface area (Å²) < 4.78 is 5.36. The van der Waals surface area contributed by atoms with Gasteiger partial charge in [0.1, 0.15) is 13.2 Å². The molecule has 0 heterocycles. The third-order valence-electron chi connectivity index (χ3n) is 5.50. The Morgan fingerprint density at radius 1 is 0.939 bits per heavy atom. The number of nitrogens with zero attached hydrogens (tertiary/aromatic N) is 1. The second-order valence-electron chi connectivity index (χ2n) is 7.57. The molecule has 0 aromatic heterocycles. The number of carbonyl (C=O) groups excluding carboxylic acids is 3. The average molecular weight is 453 g/mol. The van der Waals surface area contributed by atoms with Crippen molar-refractivity contribution < 1.29 is 29.0 Å². The van der Waals surface area contributed by atoms with Crippen LogP contribution in [0.5, 0.6) is 0 Å². The molecule has 2 aromatic carbocycles. The van der Waals surface area contributed by atoms with E-state index in [1.165, 1.54) is 4.90 Å². The molecule has 0 saturated carbocycles. The Labute approximate surface area is 191 Å². The van der Waals surface area contributed by atoms with Gasteiger partial charge in [-0.1, -0.05) is 48.5 Å². The zero-order chi connectivity index (χ0) is 23.8. The van der Waals surface area contributed by atoms with Crippen LogP contribution in [0.2, 0.25) is 0 Å². The van der Waals surface area contributed by atoms with Crippen LogP contribution in [0, 0.1) is 0 Å². The van der Waals surface area contributed by atoms with E-state index in [9.17, 15) is 19.2 Å². The molecule has 174 valence electrons. The van der Waals surface area contributed by atoms with Crippen LogP contribution >= 0.6 is 0 Å². The predicted molar refractivity (Wildman–Crippen MR) is 121 cm³/mol. The van der Waals surface area contributed by atoms with Gasteiger partial charge in [-0.05, 0) is 29.2 Å². The minimum Gasteiger partial charge on any atom is -0.481 e. The summed E-state index contributed by atoms with van der Waals surface area (Å²) in [6.45, 7) is 1.64. The Kier molecular flexibility index (Phi) is 8.01. The number of alkyl carbamates (subject to hydrolysis) is 1. The highest BCUT2D eigenvalue weighted by atomic mass is 16.5. The van der Waals surface area contributed by atoms with E-state index >= 15 is 0 Å². The largest absolute Gasteiger partial charge is 0.481 e. The molecule has 9 nitrogen and oxygen atoms in total. The third kappa shape index (κ3) is 6.09. The van der Waals surface area contributed by atoms with E-state index in [0.717, 1.165) is 22.3 Å². The molecule has 1 aliphatic carbocycles. The van der Waals surface area contributed by atoms with Gasteiger partial charge in [0.2, 0.25) is 11.8 Å².